The highest BCUT2D eigenvalue weighted by Gasteiger charge is 2.11. The molecule has 0 amide bonds. The zero-order chi connectivity index (χ0) is 12.4. The maximum atomic E-state index is 5.24. The van der Waals surface area contributed by atoms with Crippen LogP contribution in [0.2, 0.25) is 0 Å². The molecule has 2 rings (SSSR count). The molecule has 0 saturated carbocycles. The Morgan fingerprint density at radius 1 is 1.12 bits per heavy atom. The Balaban J connectivity index is 2.54. The molecule has 90 valence electrons. The third-order valence-electron chi connectivity index (χ3n) is 2.49. The Bertz CT molecular complexity index is 515. The maximum Gasteiger partial charge on any atom is 0.123 e. The number of rotatable bonds is 3. The first-order valence-electron chi connectivity index (χ1n) is 5.06. The van der Waals surface area contributed by atoms with Crippen molar-refractivity contribution in [2.24, 2.45) is 7.05 Å². The molecule has 0 fully saturated rings. The van der Waals surface area contributed by atoms with Crippen LogP contribution in [0.3, 0.4) is 0 Å². The predicted octanol–water partition coefficient (Wildman–Crippen LogP) is 2.87. The van der Waals surface area contributed by atoms with Gasteiger partial charge in [-0.05, 0) is 28.1 Å². The number of aryl methyl sites for hydroxylation is 1. The number of hydrogen-bond acceptors (Lipinski definition) is 3. The first-order valence-corrected chi connectivity index (χ1v) is 5.85. The Hall–Kier alpha value is -1.49. The van der Waals surface area contributed by atoms with Crippen molar-refractivity contribution in [1.29, 1.82) is 0 Å². The summed E-state index contributed by atoms with van der Waals surface area (Å²) in [6.07, 6.45) is 1.76. The van der Waals surface area contributed by atoms with E-state index in [1.165, 1.54) is 0 Å². The van der Waals surface area contributed by atoms with Gasteiger partial charge in [0.25, 0.3) is 0 Å². The molecule has 0 aliphatic heterocycles. The number of hydrogen-bond donors (Lipinski definition) is 0. The predicted molar refractivity (Wildman–Crippen MR) is 69.4 cm³/mol. The van der Waals surface area contributed by atoms with E-state index in [2.05, 4.69) is 20.9 Å². The normalized spacial score (nSPS) is 10.4. The molecule has 0 saturated heterocycles. The minimum atomic E-state index is 0.747. The fourth-order valence-corrected chi connectivity index (χ4v) is 1.98. The number of benzene rings is 1. The van der Waals surface area contributed by atoms with Crippen LogP contribution in [0.5, 0.6) is 11.5 Å². The van der Waals surface area contributed by atoms with Gasteiger partial charge in [0.05, 0.1) is 20.5 Å². The van der Waals surface area contributed by atoms with Gasteiger partial charge in [0, 0.05) is 18.7 Å². The number of nitrogens with zero attached hydrogens (tertiary/aromatic N) is 2. The van der Waals surface area contributed by atoms with Gasteiger partial charge in [-0.15, -0.1) is 0 Å². The number of halogens is 1. The molecule has 0 atom stereocenters. The van der Waals surface area contributed by atoms with Crippen molar-refractivity contribution in [2.75, 3.05) is 14.2 Å². The van der Waals surface area contributed by atoms with Gasteiger partial charge in [-0.1, -0.05) is 0 Å². The van der Waals surface area contributed by atoms with Gasteiger partial charge in [0.2, 0.25) is 0 Å². The molecular formula is C12H13BrN2O2. The lowest BCUT2D eigenvalue weighted by molar-refractivity contribution is 0.394. The second kappa shape index (κ2) is 4.79. The van der Waals surface area contributed by atoms with Crippen LogP contribution in [0.1, 0.15) is 0 Å². The summed E-state index contributed by atoms with van der Waals surface area (Å²) in [6.45, 7) is 0. The summed E-state index contributed by atoms with van der Waals surface area (Å²) in [5, 5.41) is 0. The van der Waals surface area contributed by atoms with E-state index in [9.17, 15) is 0 Å². The fourth-order valence-electron chi connectivity index (χ4n) is 1.55. The summed E-state index contributed by atoms with van der Waals surface area (Å²) in [5.74, 6) is 1.49. The lowest BCUT2D eigenvalue weighted by Crippen LogP contribution is -1.90. The van der Waals surface area contributed by atoms with E-state index < -0.39 is 0 Å². The largest absolute Gasteiger partial charge is 0.497 e. The summed E-state index contributed by atoms with van der Waals surface area (Å²) in [5.41, 5.74) is 1.82. The van der Waals surface area contributed by atoms with Gasteiger partial charge in [-0.2, -0.15) is 0 Å². The van der Waals surface area contributed by atoms with Gasteiger partial charge in [-0.25, -0.2) is 4.98 Å². The topological polar surface area (TPSA) is 36.3 Å². The van der Waals surface area contributed by atoms with Crippen molar-refractivity contribution in [1.82, 2.24) is 9.55 Å². The lowest BCUT2D eigenvalue weighted by atomic mass is 10.1. The standard InChI is InChI=1S/C12H13BrN2O2/c1-15-7-14-11(12(15)13)8-4-9(16-2)6-10(5-8)17-3/h4-7H,1-3H3. The molecule has 0 N–H and O–H groups in total. The number of methoxy groups -OCH3 is 2. The van der Waals surface area contributed by atoms with E-state index >= 15 is 0 Å². The van der Waals surface area contributed by atoms with Crippen LogP contribution in [-0.2, 0) is 7.05 Å². The average Bonchev–Trinajstić information content (AvgIpc) is 2.69. The second-order valence-corrected chi connectivity index (χ2v) is 4.35. The van der Waals surface area contributed by atoms with E-state index in [1.807, 2.05) is 29.8 Å². The van der Waals surface area contributed by atoms with E-state index in [0.717, 1.165) is 27.4 Å². The molecule has 17 heavy (non-hydrogen) atoms. The molecule has 0 bridgehead atoms. The molecule has 0 radical (unpaired) electrons. The number of aromatic nitrogens is 2. The summed E-state index contributed by atoms with van der Waals surface area (Å²) < 4.78 is 13.3. The lowest BCUT2D eigenvalue weighted by Gasteiger charge is -2.07. The van der Waals surface area contributed by atoms with Crippen LogP contribution in [-0.4, -0.2) is 23.8 Å². The van der Waals surface area contributed by atoms with Gasteiger partial charge in [0.15, 0.2) is 0 Å². The number of ether oxygens (including phenoxy) is 2. The first-order chi connectivity index (χ1) is 8.15. The van der Waals surface area contributed by atoms with E-state index in [0.29, 0.717) is 0 Å². The summed E-state index contributed by atoms with van der Waals surface area (Å²) in [7, 11) is 5.19. The van der Waals surface area contributed by atoms with Crippen LogP contribution >= 0.6 is 15.9 Å². The Morgan fingerprint density at radius 3 is 2.12 bits per heavy atom. The zero-order valence-corrected chi connectivity index (χ0v) is 11.5. The molecule has 4 nitrogen and oxygen atoms in total. The van der Waals surface area contributed by atoms with E-state index in [-0.39, 0.29) is 0 Å². The summed E-state index contributed by atoms with van der Waals surface area (Å²) >= 11 is 3.50. The third-order valence-corrected chi connectivity index (χ3v) is 3.42. The van der Waals surface area contributed by atoms with E-state index in [1.54, 1.807) is 20.5 Å². The highest BCUT2D eigenvalue weighted by atomic mass is 79.9. The zero-order valence-electron chi connectivity index (χ0n) is 9.90. The average molecular weight is 297 g/mol. The van der Waals surface area contributed by atoms with Crippen LogP contribution in [0.25, 0.3) is 11.3 Å². The molecule has 0 aliphatic carbocycles. The Kier molecular flexibility index (Phi) is 3.38. The van der Waals surface area contributed by atoms with Crippen LogP contribution in [0.4, 0.5) is 0 Å². The third kappa shape index (κ3) is 2.29. The van der Waals surface area contributed by atoms with Gasteiger partial charge in [-0.3, -0.25) is 0 Å². The second-order valence-electron chi connectivity index (χ2n) is 3.60. The highest BCUT2D eigenvalue weighted by molar-refractivity contribution is 9.10. The SMILES string of the molecule is COc1cc(OC)cc(-c2ncn(C)c2Br)c1. The fraction of sp³-hybridized carbons (Fsp3) is 0.250. The molecular weight excluding hydrogens is 284 g/mol. The highest BCUT2D eigenvalue weighted by Crippen LogP contribution is 2.32. The van der Waals surface area contributed by atoms with E-state index in [4.69, 9.17) is 9.47 Å². The quantitative estimate of drug-likeness (QED) is 0.874. The van der Waals surface area contributed by atoms with Crippen molar-refractivity contribution >= 4 is 15.9 Å². The Morgan fingerprint density at radius 2 is 1.71 bits per heavy atom. The molecule has 0 unspecified atom stereocenters. The van der Waals surface area contributed by atoms with Crippen LogP contribution < -0.4 is 9.47 Å². The summed E-state index contributed by atoms with van der Waals surface area (Å²) in [4.78, 5) is 4.34. The minimum Gasteiger partial charge on any atom is -0.497 e. The maximum absolute atomic E-state index is 5.24. The van der Waals surface area contributed by atoms with Crippen molar-refractivity contribution in [3.63, 3.8) is 0 Å². The smallest absolute Gasteiger partial charge is 0.123 e. The number of imidazole rings is 1. The van der Waals surface area contributed by atoms with Gasteiger partial charge in [0.1, 0.15) is 21.8 Å². The molecule has 0 spiro atoms. The molecule has 0 aliphatic rings. The Labute approximate surface area is 108 Å². The van der Waals surface area contributed by atoms with Crippen LogP contribution in [0, 0.1) is 0 Å². The first kappa shape index (κ1) is 12.0. The molecule has 1 heterocycles. The summed E-state index contributed by atoms with van der Waals surface area (Å²) in [6, 6.07) is 5.69. The van der Waals surface area contributed by atoms with Crippen molar-refractivity contribution in [2.45, 2.75) is 0 Å². The molecule has 2 aromatic rings. The van der Waals surface area contributed by atoms with Crippen molar-refractivity contribution in [3.8, 4) is 22.8 Å². The van der Waals surface area contributed by atoms with Gasteiger partial charge < -0.3 is 14.0 Å². The molecule has 5 heteroatoms. The molecule has 1 aromatic carbocycles. The van der Waals surface area contributed by atoms with Gasteiger partial charge >= 0.3 is 0 Å². The van der Waals surface area contributed by atoms with Crippen LogP contribution in [0.15, 0.2) is 29.1 Å². The van der Waals surface area contributed by atoms with Crippen molar-refractivity contribution in [3.05, 3.63) is 29.1 Å². The van der Waals surface area contributed by atoms with Crippen molar-refractivity contribution < 1.29 is 9.47 Å². The molecule has 1 aromatic heterocycles. The monoisotopic (exact) mass is 296 g/mol. The minimum absolute atomic E-state index is 0.747.